The summed E-state index contributed by atoms with van der Waals surface area (Å²) in [6, 6.07) is 0.156. The van der Waals surface area contributed by atoms with E-state index in [1.807, 2.05) is 0 Å². The minimum Gasteiger partial charge on any atom is -0.494 e. The van der Waals surface area contributed by atoms with Gasteiger partial charge in [-0.3, -0.25) is 4.79 Å². The number of halogens is 6. The highest BCUT2D eigenvalue weighted by atomic mass is 19.4. The average Bonchev–Trinajstić information content (AvgIpc) is 2.24. The van der Waals surface area contributed by atoms with Crippen LogP contribution in [0.4, 0.5) is 26.3 Å². The van der Waals surface area contributed by atoms with Crippen LogP contribution in [0.3, 0.4) is 0 Å². The number of ether oxygens (including phenoxy) is 1. The molecule has 1 aromatic carbocycles. The Labute approximate surface area is 90.8 Å². The molecule has 8 heteroatoms. The van der Waals surface area contributed by atoms with Gasteiger partial charge in [0.1, 0.15) is 0 Å². The summed E-state index contributed by atoms with van der Waals surface area (Å²) in [6.45, 7) is 0. The first-order chi connectivity index (χ1) is 7.70. The molecule has 0 N–H and O–H groups in total. The lowest BCUT2D eigenvalue weighted by Crippen LogP contribution is -2.24. The smallest absolute Gasteiger partial charge is 0.454 e. The fourth-order valence-corrected chi connectivity index (χ4v) is 1.05. The minimum atomic E-state index is -5.39. The molecular weight excluding hydrogens is 254 g/mol. The first-order valence-electron chi connectivity index (χ1n) is 4.03. The van der Waals surface area contributed by atoms with Gasteiger partial charge in [0, 0.05) is 0 Å². The fourth-order valence-electron chi connectivity index (χ4n) is 1.05. The van der Waals surface area contributed by atoms with Crippen LogP contribution in [-0.4, -0.2) is 19.1 Å². The molecule has 0 aliphatic rings. The molecule has 1 rings (SSSR count). The van der Waals surface area contributed by atoms with E-state index in [1.54, 1.807) is 0 Å². The summed E-state index contributed by atoms with van der Waals surface area (Å²) in [4.78, 5) is 10.7. The van der Waals surface area contributed by atoms with Crippen LogP contribution < -0.4 is 4.74 Å². The second-order valence-corrected chi connectivity index (χ2v) is 2.90. The Morgan fingerprint density at radius 3 is 2.06 bits per heavy atom. The zero-order chi connectivity index (χ0) is 13.4. The van der Waals surface area contributed by atoms with E-state index in [2.05, 4.69) is 4.74 Å². The lowest BCUT2D eigenvalue weighted by Gasteiger charge is -2.09. The fraction of sp³-hybridized carbons (Fsp3) is 0.222. The van der Waals surface area contributed by atoms with Crippen molar-refractivity contribution in [3.63, 3.8) is 0 Å². The molecule has 0 atom stereocenters. The van der Waals surface area contributed by atoms with E-state index < -0.39 is 40.7 Å². The third-order valence-corrected chi connectivity index (χ3v) is 1.84. The van der Waals surface area contributed by atoms with E-state index in [9.17, 15) is 31.1 Å². The third-order valence-electron chi connectivity index (χ3n) is 1.84. The summed E-state index contributed by atoms with van der Waals surface area (Å²) in [5, 5.41) is 0. The van der Waals surface area contributed by atoms with Crippen LogP contribution in [0.5, 0.6) is 5.75 Å². The van der Waals surface area contributed by atoms with Crippen LogP contribution in [-0.2, 0) is 0 Å². The number of ketones is 1. The number of Topliss-reactive ketones (excluding diaryl/α,β-unsaturated/α-hetero) is 1. The largest absolute Gasteiger partial charge is 0.494 e. The predicted octanol–water partition coefficient (Wildman–Crippen LogP) is 2.86. The van der Waals surface area contributed by atoms with E-state index in [0.717, 1.165) is 7.11 Å². The van der Waals surface area contributed by atoms with Gasteiger partial charge in [-0.15, -0.1) is 0 Å². The Hall–Kier alpha value is -1.73. The normalized spacial score (nSPS) is 11.5. The topological polar surface area (TPSA) is 26.3 Å². The van der Waals surface area contributed by atoms with Gasteiger partial charge in [-0.2, -0.15) is 17.6 Å². The van der Waals surface area contributed by atoms with E-state index in [4.69, 9.17) is 0 Å². The number of hydrogen-bond acceptors (Lipinski definition) is 2. The maximum Gasteiger partial charge on any atom is 0.454 e. The first-order valence-corrected chi connectivity index (χ1v) is 4.03. The molecule has 0 aliphatic carbocycles. The van der Waals surface area contributed by atoms with Gasteiger partial charge in [0.25, 0.3) is 5.78 Å². The molecule has 0 amide bonds. The highest BCUT2D eigenvalue weighted by molar-refractivity contribution is 6.00. The maximum absolute atomic E-state index is 13.0. The van der Waals surface area contributed by atoms with Crippen molar-refractivity contribution in [2.24, 2.45) is 0 Å². The minimum absolute atomic E-state index is 0.156. The number of hydrogen-bond donors (Lipinski definition) is 0. The molecule has 1 aromatic rings. The van der Waals surface area contributed by atoms with E-state index in [-0.39, 0.29) is 6.07 Å². The zero-order valence-corrected chi connectivity index (χ0v) is 8.16. The van der Waals surface area contributed by atoms with Gasteiger partial charge in [-0.05, 0) is 6.07 Å². The summed E-state index contributed by atoms with van der Waals surface area (Å²) in [6.07, 6.45) is -5.39. The van der Waals surface area contributed by atoms with Crippen molar-refractivity contribution in [2.75, 3.05) is 7.11 Å². The number of carbonyl (C=O) groups is 1. The van der Waals surface area contributed by atoms with E-state index >= 15 is 0 Å². The highest BCUT2D eigenvalue weighted by Crippen LogP contribution is 2.29. The molecule has 0 heterocycles. The van der Waals surface area contributed by atoms with Crippen LogP contribution >= 0.6 is 0 Å². The van der Waals surface area contributed by atoms with Gasteiger partial charge in [0.05, 0.1) is 12.7 Å². The van der Waals surface area contributed by atoms with Crippen molar-refractivity contribution in [3.8, 4) is 5.75 Å². The molecule has 0 saturated carbocycles. The molecular formula is C9H4F6O2. The van der Waals surface area contributed by atoms with Crippen molar-refractivity contribution >= 4 is 5.78 Å². The number of carbonyl (C=O) groups excluding carboxylic acids is 1. The van der Waals surface area contributed by atoms with Crippen molar-refractivity contribution in [1.82, 2.24) is 0 Å². The highest BCUT2D eigenvalue weighted by Gasteiger charge is 2.42. The Morgan fingerprint density at radius 1 is 1.12 bits per heavy atom. The number of benzene rings is 1. The zero-order valence-electron chi connectivity index (χ0n) is 8.16. The monoisotopic (exact) mass is 258 g/mol. The Balaban J connectivity index is 3.46. The van der Waals surface area contributed by atoms with Crippen LogP contribution in [0.15, 0.2) is 6.07 Å². The summed E-state index contributed by atoms with van der Waals surface area (Å²) in [5.41, 5.74) is -1.63. The molecule has 0 saturated heterocycles. The maximum atomic E-state index is 13.0. The lowest BCUT2D eigenvalue weighted by molar-refractivity contribution is -0.0888. The second kappa shape index (κ2) is 4.27. The third kappa shape index (κ3) is 2.34. The van der Waals surface area contributed by atoms with Gasteiger partial charge in [0.15, 0.2) is 17.4 Å². The van der Waals surface area contributed by atoms with Crippen LogP contribution in [0, 0.1) is 17.5 Å². The summed E-state index contributed by atoms with van der Waals surface area (Å²) >= 11 is 0. The molecule has 0 aromatic heterocycles. The van der Waals surface area contributed by atoms with Crippen molar-refractivity contribution in [1.29, 1.82) is 0 Å². The SMILES string of the molecule is COc1cc(C(=O)C(F)(F)F)c(F)c(F)c1F. The van der Waals surface area contributed by atoms with Crippen molar-refractivity contribution in [3.05, 3.63) is 29.1 Å². The molecule has 0 spiro atoms. The van der Waals surface area contributed by atoms with Crippen LogP contribution in [0.2, 0.25) is 0 Å². The molecule has 2 nitrogen and oxygen atoms in total. The summed E-state index contributed by atoms with van der Waals surface area (Å²) < 4.78 is 78.9. The van der Waals surface area contributed by atoms with Gasteiger partial charge >= 0.3 is 6.18 Å². The standard InChI is InChI=1S/C9H4F6O2/c1-17-4-2-3(8(16)9(13,14)15)5(10)7(12)6(4)11/h2H,1H3. The van der Waals surface area contributed by atoms with E-state index in [1.165, 1.54) is 0 Å². The van der Waals surface area contributed by atoms with Crippen molar-refractivity contribution < 1.29 is 35.9 Å². The average molecular weight is 258 g/mol. The second-order valence-electron chi connectivity index (χ2n) is 2.90. The number of alkyl halides is 3. The summed E-state index contributed by atoms with van der Waals surface area (Å²) in [5.74, 6) is -9.81. The molecule has 0 aliphatic heterocycles. The van der Waals surface area contributed by atoms with Gasteiger partial charge in [-0.25, -0.2) is 8.78 Å². The quantitative estimate of drug-likeness (QED) is 0.463. The molecule has 0 fully saturated rings. The van der Waals surface area contributed by atoms with Crippen molar-refractivity contribution in [2.45, 2.75) is 6.18 Å². The molecule has 0 bridgehead atoms. The van der Waals surface area contributed by atoms with Crippen LogP contribution in [0.1, 0.15) is 10.4 Å². The molecule has 0 radical (unpaired) electrons. The van der Waals surface area contributed by atoms with Gasteiger partial charge in [-0.1, -0.05) is 0 Å². The van der Waals surface area contributed by atoms with Gasteiger partial charge in [0.2, 0.25) is 5.82 Å². The predicted molar refractivity (Wildman–Crippen MR) is 43.3 cm³/mol. The molecule has 17 heavy (non-hydrogen) atoms. The molecule has 94 valence electrons. The van der Waals surface area contributed by atoms with Crippen LogP contribution in [0.25, 0.3) is 0 Å². The molecule has 0 unspecified atom stereocenters. The Kier molecular flexibility index (Phi) is 3.35. The number of rotatable bonds is 2. The summed E-state index contributed by atoms with van der Waals surface area (Å²) in [7, 11) is 0.831. The Bertz CT molecular complexity index is 466. The Morgan fingerprint density at radius 2 is 1.65 bits per heavy atom. The number of methoxy groups -OCH3 is 1. The van der Waals surface area contributed by atoms with Gasteiger partial charge < -0.3 is 4.74 Å². The first kappa shape index (κ1) is 13.3. The lowest BCUT2D eigenvalue weighted by atomic mass is 10.1. The van der Waals surface area contributed by atoms with E-state index in [0.29, 0.717) is 0 Å².